The third-order valence-electron chi connectivity index (χ3n) is 5.42. The standard InChI is InChI=1S/C17H33NO/c1-13(2)18-15(4)14(3)16-8-11-19-17(12-16)9-6-5-7-10-17/h13-16,18H,5-12H2,1-4H3. The van der Waals surface area contributed by atoms with Gasteiger partial charge in [0, 0.05) is 18.7 Å². The Hall–Kier alpha value is -0.0800. The van der Waals surface area contributed by atoms with Gasteiger partial charge >= 0.3 is 0 Å². The molecule has 2 aliphatic rings. The van der Waals surface area contributed by atoms with Gasteiger partial charge in [-0.1, -0.05) is 40.0 Å². The molecule has 2 nitrogen and oxygen atoms in total. The van der Waals surface area contributed by atoms with Crippen molar-refractivity contribution in [2.24, 2.45) is 11.8 Å². The van der Waals surface area contributed by atoms with Crippen LogP contribution in [0.4, 0.5) is 0 Å². The highest BCUT2D eigenvalue weighted by atomic mass is 16.5. The van der Waals surface area contributed by atoms with Crippen molar-refractivity contribution in [2.75, 3.05) is 6.61 Å². The fourth-order valence-corrected chi connectivity index (χ4v) is 4.14. The van der Waals surface area contributed by atoms with Crippen molar-refractivity contribution >= 4 is 0 Å². The lowest BCUT2D eigenvalue weighted by atomic mass is 9.71. The molecule has 1 spiro atoms. The second-order valence-electron chi connectivity index (χ2n) is 7.31. The van der Waals surface area contributed by atoms with E-state index in [0.29, 0.717) is 12.1 Å². The lowest BCUT2D eigenvalue weighted by Crippen LogP contribution is -2.47. The summed E-state index contributed by atoms with van der Waals surface area (Å²) in [6.07, 6.45) is 9.34. The Morgan fingerprint density at radius 1 is 1.05 bits per heavy atom. The summed E-state index contributed by atoms with van der Waals surface area (Å²) < 4.78 is 6.23. The molecule has 1 saturated carbocycles. The zero-order chi connectivity index (χ0) is 13.9. The highest BCUT2D eigenvalue weighted by Crippen LogP contribution is 2.43. The molecule has 3 atom stereocenters. The van der Waals surface area contributed by atoms with Gasteiger partial charge in [-0.2, -0.15) is 0 Å². The van der Waals surface area contributed by atoms with Crippen LogP contribution in [-0.2, 0) is 4.74 Å². The third kappa shape index (κ3) is 3.95. The third-order valence-corrected chi connectivity index (χ3v) is 5.42. The minimum Gasteiger partial charge on any atom is -0.375 e. The van der Waals surface area contributed by atoms with E-state index in [1.165, 1.54) is 44.9 Å². The van der Waals surface area contributed by atoms with Crippen molar-refractivity contribution in [1.29, 1.82) is 0 Å². The molecular formula is C17H33NO. The van der Waals surface area contributed by atoms with Crippen LogP contribution < -0.4 is 5.32 Å². The van der Waals surface area contributed by atoms with E-state index >= 15 is 0 Å². The molecule has 1 heterocycles. The summed E-state index contributed by atoms with van der Waals surface area (Å²) >= 11 is 0. The van der Waals surface area contributed by atoms with Crippen molar-refractivity contribution in [3.05, 3.63) is 0 Å². The number of rotatable bonds is 4. The van der Waals surface area contributed by atoms with E-state index in [4.69, 9.17) is 4.74 Å². The molecule has 19 heavy (non-hydrogen) atoms. The summed E-state index contributed by atoms with van der Waals surface area (Å²) in [5.41, 5.74) is 0.257. The van der Waals surface area contributed by atoms with Gasteiger partial charge in [0.15, 0.2) is 0 Å². The average molecular weight is 267 g/mol. The number of nitrogens with one attached hydrogen (secondary N) is 1. The zero-order valence-electron chi connectivity index (χ0n) is 13.4. The summed E-state index contributed by atoms with van der Waals surface area (Å²) in [5.74, 6) is 1.60. The molecule has 1 saturated heterocycles. The highest BCUT2D eigenvalue weighted by molar-refractivity contribution is 4.92. The Morgan fingerprint density at radius 2 is 1.74 bits per heavy atom. The van der Waals surface area contributed by atoms with Gasteiger partial charge in [0.2, 0.25) is 0 Å². The Labute approximate surface area is 119 Å². The van der Waals surface area contributed by atoms with Gasteiger partial charge in [0.25, 0.3) is 0 Å². The fraction of sp³-hybridized carbons (Fsp3) is 1.00. The predicted molar refractivity (Wildman–Crippen MR) is 81.4 cm³/mol. The van der Waals surface area contributed by atoms with Gasteiger partial charge in [0.1, 0.15) is 0 Å². The van der Waals surface area contributed by atoms with Crippen molar-refractivity contribution < 1.29 is 4.74 Å². The number of ether oxygens (including phenoxy) is 1. The van der Waals surface area contributed by atoms with E-state index < -0.39 is 0 Å². The largest absolute Gasteiger partial charge is 0.375 e. The first-order chi connectivity index (χ1) is 9.02. The van der Waals surface area contributed by atoms with Crippen molar-refractivity contribution in [3.63, 3.8) is 0 Å². The second-order valence-corrected chi connectivity index (χ2v) is 7.31. The monoisotopic (exact) mass is 267 g/mol. The molecule has 112 valence electrons. The van der Waals surface area contributed by atoms with Crippen molar-refractivity contribution in [1.82, 2.24) is 5.32 Å². The number of hydrogen-bond acceptors (Lipinski definition) is 2. The molecule has 1 aliphatic carbocycles. The van der Waals surface area contributed by atoms with Crippen LogP contribution in [0.25, 0.3) is 0 Å². The van der Waals surface area contributed by atoms with E-state index in [1.54, 1.807) is 0 Å². The quantitative estimate of drug-likeness (QED) is 0.826. The van der Waals surface area contributed by atoms with Gasteiger partial charge < -0.3 is 10.1 Å². The predicted octanol–water partition coefficient (Wildman–Crippen LogP) is 4.14. The molecular weight excluding hydrogens is 234 g/mol. The van der Waals surface area contributed by atoms with Crippen LogP contribution in [0.5, 0.6) is 0 Å². The molecule has 0 bridgehead atoms. The number of hydrogen-bond donors (Lipinski definition) is 1. The van der Waals surface area contributed by atoms with E-state index in [0.717, 1.165) is 18.4 Å². The fourth-order valence-electron chi connectivity index (χ4n) is 4.14. The molecule has 0 aromatic rings. The molecule has 2 rings (SSSR count). The highest BCUT2D eigenvalue weighted by Gasteiger charge is 2.40. The van der Waals surface area contributed by atoms with E-state index in [2.05, 4.69) is 33.0 Å². The molecule has 2 heteroatoms. The SMILES string of the molecule is CC(C)NC(C)C(C)C1CCOC2(CCCCC2)C1. The lowest BCUT2D eigenvalue weighted by Gasteiger charge is -2.46. The Kier molecular flexibility index (Phi) is 5.30. The Bertz CT molecular complexity index is 265. The maximum absolute atomic E-state index is 6.23. The van der Waals surface area contributed by atoms with Crippen LogP contribution >= 0.6 is 0 Å². The van der Waals surface area contributed by atoms with Gasteiger partial charge in [-0.05, 0) is 44.4 Å². The summed E-state index contributed by atoms with van der Waals surface area (Å²) in [5, 5.41) is 3.69. The van der Waals surface area contributed by atoms with Crippen LogP contribution in [0.3, 0.4) is 0 Å². The lowest BCUT2D eigenvalue weighted by molar-refractivity contribution is -0.125. The molecule has 0 radical (unpaired) electrons. The van der Waals surface area contributed by atoms with Crippen LogP contribution in [-0.4, -0.2) is 24.3 Å². The first-order valence-electron chi connectivity index (χ1n) is 8.42. The minimum atomic E-state index is 0.257. The maximum Gasteiger partial charge on any atom is 0.0685 e. The minimum absolute atomic E-state index is 0.257. The maximum atomic E-state index is 6.23. The van der Waals surface area contributed by atoms with E-state index in [-0.39, 0.29) is 5.60 Å². The molecule has 2 fully saturated rings. The first kappa shape index (κ1) is 15.3. The first-order valence-corrected chi connectivity index (χ1v) is 8.42. The normalized spacial score (nSPS) is 30.5. The molecule has 0 aromatic carbocycles. The second kappa shape index (κ2) is 6.58. The van der Waals surface area contributed by atoms with Gasteiger partial charge in [-0.25, -0.2) is 0 Å². The molecule has 0 aromatic heterocycles. The van der Waals surface area contributed by atoms with E-state index in [9.17, 15) is 0 Å². The van der Waals surface area contributed by atoms with Gasteiger partial charge in [0.05, 0.1) is 5.60 Å². The van der Waals surface area contributed by atoms with Crippen molar-refractivity contribution in [3.8, 4) is 0 Å². The zero-order valence-corrected chi connectivity index (χ0v) is 13.4. The summed E-state index contributed by atoms with van der Waals surface area (Å²) in [4.78, 5) is 0. The summed E-state index contributed by atoms with van der Waals surface area (Å²) in [6.45, 7) is 10.3. The van der Waals surface area contributed by atoms with Crippen molar-refractivity contribution in [2.45, 2.75) is 90.3 Å². The van der Waals surface area contributed by atoms with Crippen LogP contribution in [0.2, 0.25) is 0 Å². The van der Waals surface area contributed by atoms with Crippen LogP contribution in [0.15, 0.2) is 0 Å². The molecule has 1 N–H and O–H groups in total. The molecule has 1 aliphatic heterocycles. The summed E-state index contributed by atoms with van der Waals surface area (Å²) in [7, 11) is 0. The Morgan fingerprint density at radius 3 is 2.37 bits per heavy atom. The van der Waals surface area contributed by atoms with Gasteiger partial charge in [-0.15, -0.1) is 0 Å². The molecule has 3 unspecified atom stereocenters. The topological polar surface area (TPSA) is 21.3 Å². The average Bonchev–Trinajstić information content (AvgIpc) is 2.38. The molecule has 0 amide bonds. The summed E-state index contributed by atoms with van der Waals surface area (Å²) in [6, 6.07) is 1.20. The van der Waals surface area contributed by atoms with Gasteiger partial charge in [-0.3, -0.25) is 0 Å². The van der Waals surface area contributed by atoms with Crippen LogP contribution in [0.1, 0.15) is 72.6 Å². The van der Waals surface area contributed by atoms with Crippen LogP contribution in [0, 0.1) is 11.8 Å². The Balaban J connectivity index is 1.92. The van der Waals surface area contributed by atoms with E-state index in [1.807, 2.05) is 0 Å². The smallest absolute Gasteiger partial charge is 0.0685 e.